The molecule has 0 radical (unpaired) electrons. The van der Waals surface area contributed by atoms with Crippen LogP contribution in [0.1, 0.15) is 13.3 Å². The van der Waals surface area contributed by atoms with Gasteiger partial charge in [-0.05, 0) is 6.92 Å². The van der Waals surface area contributed by atoms with Gasteiger partial charge in [0.2, 0.25) is 5.60 Å². The molecule has 78 valence electrons. The standard InChI is InChI=1S/C7H9NO5S/c1-4-7(2-3-14(4,11)12)5(9)8-6(10)13-7/h4H,2-3H2,1H3,(H,8,9,10). The van der Waals surface area contributed by atoms with Crippen LogP contribution in [0.3, 0.4) is 0 Å². The summed E-state index contributed by atoms with van der Waals surface area (Å²) in [6.45, 7) is 1.39. The molecule has 0 bridgehead atoms. The second kappa shape index (κ2) is 2.47. The Labute approximate surface area is 80.5 Å². The summed E-state index contributed by atoms with van der Waals surface area (Å²) in [7, 11) is -3.31. The summed E-state index contributed by atoms with van der Waals surface area (Å²) in [5.41, 5.74) is -1.48. The molecule has 7 heteroatoms. The van der Waals surface area contributed by atoms with Gasteiger partial charge >= 0.3 is 6.09 Å². The second-order valence-electron chi connectivity index (χ2n) is 3.49. The minimum Gasteiger partial charge on any atom is -0.431 e. The van der Waals surface area contributed by atoms with Crippen molar-refractivity contribution in [1.29, 1.82) is 0 Å². The molecule has 2 fully saturated rings. The van der Waals surface area contributed by atoms with E-state index in [0.717, 1.165) is 0 Å². The Morgan fingerprint density at radius 1 is 1.50 bits per heavy atom. The van der Waals surface area contributed by atoms with Crippen molar-refractivity contribution in [3.8, 4) is 0 Å². The minimum absolute atomic E-state index is 0.0497. The van der Waals surface area contributed by atoms with E-state index < -0.39 is 32.7 Å². The van der Waals surface area contributed by atoms with Crippen molar-refractivity contribution in [2.75, 3.05) is 5.75 Å². The fraction of sp³-hybridized carbons (Fsp3) is 0.714. The Morgan fingerprint density at radius 3 is 2.50 bits per heavy atom. The zero-order valence-electron chi connectivity index (χ0n) is 7.44. The third-order valence-corrected chi connectivity index (χ3v) is 5.06. The summed E-state index contributed by atoms with van der Waals surface area (Å²) in [6.07, 6.45) is -0.812. The molecular weight excluding hydrogens is 210 g/mol. The highest BCUT2D eigenvalue weighted by atomic mass is 32.2. The second-order valence-corrected chi connectivity index (χ2v) is 5.93. The first-order valence-corrected chi connectivity index (χ1v) is 5.86. The van der Waals surface area contributed by atoms with Crippen molar-refractivity contribution in [3.63, 3.8) is 0 Å². The summed E-state index contributed by atoms with van der Waals surface area (Å²) < 4.78 is 27.6. The number of rotatable bonds is 0. The zero-order chi connectivity index (χ0) is 10.6. The Morgan fingerprint density at radius 2 is 2.14 bits per heavy atom. The molecule has 2 unspecified atom stereocenters. The maximum atomic E-state index is 11.4. The van der Waals surface area contributed by atoms with Crippen LogP contribution in [0.4, 0.5) is 4.79 Å². The lowest BCUT2D eigenvalue weighted by Gasteiger charge is -2.21. The monoisotopic (exact) mass is 219 g/mol. The molecule has 2 rings (SSSR count). The Hall–Kier alpha value is -1.11. The smallest absolute Gasteiger partial charge is 0.415 e. The summed E-state index contributed by atoms with van der Waals surface area (Å²) in [4.78, 5) is 22.2. The van der Waals surface area contributed by atoms with E-state index in [0.29, 0.717) is 0 Å². The van der Waals surface area contributed by atoms with Crippen LogP contribution < -0.4 is 5.32 Å². The number of amides is 2. The van der Waals surface area contributed by atoms with Gasteiger partial charge in [0, 0.05) is 6.42 Å². The van der Waals surface area contributed by atoms with Gasteiger partial charge in [-0.25, -0.2) is 13.2 Å². The van der Waals surface area contributed by atoms with Gasteiger partial charge in [-0.3, -0.25) is 10.1 Å². The maximum absolute atomic E-state index is 11.4. The number of nitrogens with one attached hydrogen (secondary N) is 1. The number of sulfone groups is 1. The van der Waals surface area contributed by atoms with Gasteiger partial charge in [0.25, 0.3) is 5.91 Å². The lowest BCUT2D eigenvalue weighted by molar-refractivity contribution is -0.130. The fourth-order valence-corrected chi connectivity index (χ4v) is 3.63. The van der Waals surface area contributed by atoms with Crippen LogP contribution in [0.5, 0.6) is 0 Å². The number of hydrogen-bond donors (Lipinski definition) is 1. The average Bonchev–Trinajstić information content (AvgIpc) is 2.47. The highest BCUT2D eigenvalue weighted by Gasteiger charge is 2.61. The van der Waals surface area contributed by atoms with Crippen LogP contribution in [0.2, 0.25) is 0 Å². The van der Waals surface area contributed by atoms with Crippen LogP contribution in [0.25, 0.3) is 0 Å². The van der Waals surface area contributed by atoms with E-state index >= 15 is 0 Å². The molecule has 2 amide bonds. The zero-order valence-corrected chi connectivity index (χ0v) is 8.26. The van der Waals surface area contributed by atoms with E-state index in [1.54, 1.807) is 0 Å². The first-order chi connectivity index (χ1) is 6.38. The number of carbonyl (C=O) groups is 2. The van der Waals surface area contributed by atoms with Crippen molar-refractivity contribution in [3.05, 3.63) is 0 Å². The normalized spacial score (nSPS) is 39.9. The first-order valence-electron chi connectivity index (χ1n) is 4.14. The highest BCUT2D eigenvalue weighted by Crippen LogP contribution is 2.37. The molecule has 0 saturated carbocycles. The third kappa shape index (κ3) is 0.985. The van der Waals surface area contributed by atoms with Gasteiger partial charge in [0.15, 0.2) is 9.84 Å². The molecule has 2 heterocycles. The molecule has 2 aliphatic heterocycles. The summed E-state index contributed by atoms with van der Waals surface area (Å²) in [6, 6.07) is 0. The molecule has 6 nitrogen and oxygen atoms in total. The van der Waals surface area contributed by atoms with Crippen LogP contribution in [0.15, 0.2) is 0 Å². The molecule has 2 atom stereocenters. The fourth-order valence-electron chi connectivity index (χ4n) is 1.83. The Kier molecular flexibility index (Phi) is 1.67. The van der Waals surface area contributed by atoms with Crippen LogP contribution >= 0.6 is 0 Å². The van der Waals surface area contributed by atoms with Gasteiger partial charge < -0.3 is 4.74 Å². The Bertz CT molecular complexity index is 414. The van der Waals surface area contributed by atoms with E-state index in [-0.39, 0.29) is 12.2 Å². The van der Waals surface area contributed by atoms with Crippen molar-refractivity contribution in [2.45, 2.75) is 24.2 Å². The third-order valence-electron chi connectivity index (χ3n) is 2.83. The predicted octanol–water partition coefficient (Wildman–Crippen LogP) is -0.801. The largest absolute Gasteiger partial charge is 0.431 e. The summed E-state index contributed by atoms with van der Waals surface area (Å²) in [5.74, 6) is -0.759. The number of alkyl carbamates (subject to hydrolysis) is 1. The number of ether oxygens (including phenoxy) is 1. The molecule has 0 aromatic rings. The van der Waals surface area contributed by atoms with E-state index in [1.165, 1.54) is 6.92 Å². The van der Waals surface area contributed by atoms with Crippen molar-refractivity contribution in [1.82, 2.24) is 5.32 Å². The highest BCUT2D eigenvalue weighted by molar-refractivity contribution is 7.92. The minimum atomic E-state index is -3.31. The topological polar surface area (TPSA) is 89.5 Å². The van der Waals surface area contributed by atoms with E-state index in [9.17, 15) is 18.0 Å². The molecule has 1 spiro atoms. The predicted molar refractivity (Wildman–Crippen MR) is 45.2 cm³/mol. The number of hydrogen-bond acceptors (Lipinski definition) is 5. The van der Waals surface area contributed by atoms with Gasteiger partial charge in [0.1, 0.15) is 5.25 Å². The number of carbonyl (C=O) groups excluding carboxylic acids is 2. The molecule has 0 aromatic heterocycles. The van der Waals surface area contributed by atoms with Gasteiger partial charge in [-0.15, -0.1) is 0 Å². The van der Waals surface area contributed by atoms with Gasteiger partial charge in [-0.2, -0.15) is 0 Å². The molecule has 14 heavy (non-hydrogen) atoms. The molecule has 0 aliphatic carbocycles. The lowest BCUT2D eigenvalue weighted by atomic mass is 9.97. The summed E-state index contributed by atoms with van der Waals surface area (Å²) in [5, 5.41) is 0.996. The van der Waals surface area contributed by atoms with E-state index in [4.69, 9.17) is 4.74 Å². The number of imide groups is 1. The van der Waals surface area contributed by atoms with Crippen molar-refractivity contribution < 1.29 is 22.7 Å². The quantitative estimate of drug-likeness (QED) is 0.576. The maximum Gasteiger partial charge on any atom is 0.415 e. The molecule has 0 aromatic carbocycles. The van der Waals surface area contributed by atoms with Crippen LogP contribution in [-0.2, 0) is 19.4 Å². The van der Waals surface area contributed by atoms with Crippen molar-refractivity contribution >= 4 is 21.8 Å². The van der Waals surface area contributed by atoms with Gasteiger partial charge in [0.05, 0.1) is 5.75 Å². The average molecular weight is 219 g/mol. The lowest BCUT2D eigenvalue weighted by Crippen LogP contribution is -2.46. The molecular formula is C7H9NO5S. The first kappa shape index (κ1) is 9.45. The molecule has 1 N–H and O–H groups in total. The van der Waals surface area contributed by atoms with Gasteiger partial charge in [-0.1, -0.05) is 0 Å². The van der Waals surface area contributed by atoms with Crippen LogP contribution in [-0.4, -0.2) is 37.0 Å². The SMILES string of the molecule is CC1C2(CCS1(=O)=O)OC(=O)NC2=O. The Balaban J connectivity index is 2.45. The molecule has 2 aliphatic rings. The summed E-state index contributed by atoms with van der Waals surface area (Å²) >= 11 is 0. The van der Waals surface area contributed by atoms with Crippen LogP contribution in [0, 0.1) is 0 Å². The van der Waals surface area contributed by atoms with E-state index in [1.807, 2.05) is 5.32 Å². The molecule has 2 saturated heterocycles. The van der Waals surface area contributed by atoms with E-state index in [2.05, 4.69) is 0 Å². The van der Waals surface area contributed by atoms with Crippen molar-refractivity contribution in [2.24, 2.45) is 0 Å².